The first kappa shape index (κ1) is 11.4. The number of piperazine rings is 1. The molecule has 1 saturated heterocycles. The van der Waals surface area contributed by atoms with Gasteiger partial charge in [0.25, 0.3) is 0 Å². The molecule has 1 unspecified atom stereocenters. The van der Waals surface area contributed by atoms with Gasteiger partial charge in [0.15, 0.2) is 0 Å². The van der Waals surface area contributed by atoms with Crippen LogP contribution in [0.2, 0.25) is 0 Å². The van der Waals surface area contributed by atoms with Crippen molar-refractivity contribution >= 4 is 0 Å². The first-order valence-electron chi connectivity index (χ1n) is 6.51. The van der Waals surface area contributed by atoms with Gasteiger partial charge in [-0.1, -0.05) is 6.92 Å². The Morgan fingerprint density at radius 1 is 1.20 bits per heavy atom. The Labute approximate surface area is 93.6 Å². The topological polar surface area (TPSA) is 32.5 Å². The number of rotatable bonds is 5. The minimum atomic E-state index is 0.409. The molecule has 0 radical (unpaired) electrons. The third-order valence-corrected chi connectivity index (χ3v) is 3.81. The number of nitrogens with zero attached hydrogens (tertiary/aromatic N) is 2. The Morgan fingerprint density at radius 3 is 2.40 bits per heavy atom. The molecule has 1 aliphatic heterocycles. The molecule has 0 bridgehead atoms. The summed E-state index contributed by atoms with van der Waals surface area (Å²) in [5, 5.41) is 0. The molecule has 1 aliphatic carbocycles. The summed E-state index contributed by atoms with van der Waals surface area (Å²) in [5.41, 5.74) is 5.94. The molecular weight excluding hydrogens is 186 g/mol. The molecule has 2 rings (SSSR count). The van der Waals surface area contributed by atoms with E-state index >= 15 is 0 Å². The molecule has 2 fully saturated rings. The summed E-state index contributed by atoms with van der Waals surface area (Å²) < 4.78 is 0. The van der Waals surface area contributed by atoms with Gasteiger partial charge in [0.05, 0.1) is 0 Å². The van der Waals surface area contributed by atoms with Crippen molar-refractivity contribution in [3.63, 3.8) is 0 Å². The standard InChI is InChI=1S/C12H25N3/c1-2-11(13)5-6-14-7-9-15(10-8-14)12-3-4-12/h11-12H,2-10,13H2,1H3. The molecule has 2 aliphatic rings. The molecule has 0 aromatic carbocycles. The Bertz CT molecular complexity index is 183. The van der Waals surface area contributed by atoms with Crippen molar-refractivity contribution in [3.8, 4) is 0 Å². The highest BCUT2D eigenvalue weighted by Gasteiger charge is 2.30. The minimum Gasteiger partial charge on any atom is -0.328 e. The molecular formula is C12H25N3. The zero-order chi connectivity index (χ0) is 10.7. The van der Waals surface area contributed by atoms with E-state index in [1.54, 1.807) is 0 Å². The van der Waals surface area contributed by atoms with Crippen molar-refractivity contribution in [2.45, 2.75) is 44.7 Å². The summed E-state index contributed by atoms with van der Waals surface area (Å²) in [6.07, 6.45) is 5.17. The maximum atomic E-state index is 5.94. The van der Waals surface area contributed by atoms with Gasteiger partial charge in [0, 0.05) is 38.3 Å². The SMILES string of the molecule is CCC(N)CCN1CCN(C2CC2)CC1. The maximum Gasteiger partial charge on any atom is 0.0113 e. The van der Waals surface area contributed by atoms with Crippen LogP contribution in [-0.4, -0.2) is 54.6 Å². The van der Waals surface area contributed by atoms with E-state index < -0.39 is 0 Å². The Balaban J connectivity index is 1.60. The third kappa shape index (κ3) is 3.44. The molecule has 3 nitrogen and oxygen atoms in total. The van der Waals surface area contributed by atoms with Crippen LogP contribution in [0.1, 0.15) is 32.6 Å². The van der Waals surface area contributed by atoms with Crippen molar-refractivity contribution in [2.24, 2.45) is 5.73 Å². The van der Waals surface area contributed by atoms with Crippen LogP contribution in [-0.2, 0) is 0 Å². The fourth-order valence-electron chi connectivity index (χ4n) is 2.34. The van der Waals surface area contributed by atoms with E-state index in [0.29, 0.717) is 6.04 Å². The van der Waals surface area contributed by atoms with E-state index in [2.05, 4.69) is 16.7 Å². The lowest BCUT2D eigenvalue weighted by Crippen LogP contribution is -2.47. The van der Waals surface area contributed by atoms with Crippen molar-refractivity contribution in [2.75, 3.05) is 32.7 Å². The third-order valence-electron chi connectivity index (χ3n) is 3.81. The highest BCUT2D eigenvalue weighted by atomic mass is 15.3. The summed E-state index contributed by atoms with van der Waals surface area (Å²) in [7, 11) is 0. The van der Waals surface area contributed by atoms with Gasteiger partial charge >= 0.3 is 0 Å². The monoisotopic (exact) mass is 211 g/mol. The second kappa shape index (κ2) is 5.28. The Hall–Kier alpha value is -0.120. The summed E-state index contributed by atoms with van der Waals surface area (Å²) in [6, 6.07) is 1.36. The van der Waals surface area contributed by atoms with Crippen LogP contribution in [0.5, 0.6) is 0 Å². The molecule has 0 spiro atoms. The van der Waals surface area contributed by atoms with Gasteiger partial charge in [0.2, 0.25) is 0 Å². The molecule has 1 atom stereocenters. The molecule has 0 aromatic heterocycles. The maximum absolute atomic E-state index is 5.94. The van der Waals surface area contributed by atoms with Gasteiger partial charge in [-0.05, 0) is 32.2 Å². The van der Waals surface area contributed by atoms with Gasteiger partial charge in [-0.3, -0.25) is 4.90 Å². The molecule has 15 heavy (non-hydrogen) atoms. The molecule has 1 heterocycles. The molecule has 0 aromatic rings. The zero-order valence-corrected chi connectivity index (χ0v) is 9.99. The van der Waals surface area contributed by atoms with Gasteiger partial charge in [-0.2, -0.15) is 0 Å². The Morgan fingerprint density at radius 2 is 1.87 bits per heavy atom. The molecule has 1 saturated carbocycles. The fraction of sp³-hybridized carbons (Fsp3) is 1.00. The van der Waals surface area contributed by atoms with E-state index in [1.165, 1.54) is 52.0 Å². The molecule has 88 valence electrons. The second-order valence-corrected chi connectivity index (χ2v) is 5.07. The first-order chi connectivity index (χ1) is 7.29. The zero-order valence-electron chi connectivity index (χ0n) is 9.99. The van der Waals surface area contributed by atoms with Crippen LogP contribution < -0.4 is 5.73 Å². The molecule has 2 N–H and O–H groups in total. The van der Waals surface area contributed by atoms with Gasteiger partial charge in [-0.15, -0.1) is 0 Å². The van der Waals surface area contributed by atoms with Crippen LogP contribution >= 0.6 is 0 Å². The fourth-order valence-corrected chi connectivity index (χ4v) is 2.34. The number of nitrogens with two attached hydrogens (primary N) is 1. The van der Waals surface area contributed by atoms with Gasteiger partial charge in [0.1, 0.15) is 0 Å². The molecule has 0 amide bonds. The predicted molar refractivity (Wildman–Crippen MR) is 63.9 cm³/mol. The second-order valence-electron chi connectivity index (χ2n) is 5.07. The smallest absolute Gasteiger partial charge is 0.0113 e. The lowest BCUT2D eigenvalue weighted by molar-refractivity contribution is 0.124. The van der Waals surface area contributed by atoms with Crippen LogP contribution in [0, 0.1) is 0 Å². The van der Waals surface area contributed by atoms with Gasteiger partial charge < -0.3 is 10.6 Å². The van der Waals surface area contributed by atoms with E-state index in [1.807, 2.05) is 0 Å². The van der Waals surface area contributed by atoms with E-state index in [-0.39, 0.29) is 0 Å². The van der Waals surface area contributed by atoms with Crippen molar-refractivity contribution in [3.05, 3.63) is 0 Å². The van der Waals surface area contributed by atoms with Crippen molar-refractivity contribution < 1.29 is 0 Å². The normalized spacial score (nSPS) is 26.8. The average molecular weight is 211 g/mol. The highest BCUT2D eigenvalue weighted by Crippen LogP contribution is 2.27. The van der Waals surface area contributed by atoms with E-state index in [9.17, 15) is 0 Å². The summed E-state index contributed by atoms with van der Waals surface area (Å²) in [6.45, 7) is 8.46. The lowest BCUT2D eigenvalue weighted by Gasteiger charge is -2.35. The number of hydrogen-bond donors (Lipinski definition) is 1. The summed E-state index contributed by atoms with van der Waals surface area (Å²) in [5.74, 6) is 0. The van der Waals surface area contributed by atoms with Crippen LogP contribution in [0.3, 0.4) is 0 Å². The lowest BCUT2D eigenvalue weighted by atomic mass is 10.1. The van der Waals surface area contributed by atoms with Crippen molar-refractivity contribution in [1.82, 2.24) is 9.80 Å². The van der Waals surface area contributed by atoms with Crippen LogP contribution in [0.15, 0.2) is 0 Å². The largest absolute Gasteiger partial charge is 0.328 e. The van der Waals surface area contributed by atoms with Crippen molar-refractivity contribution in [1.29, 1.82) is 0 Å². The molecule has 3 heteroatoms. The van der Waals surface area contributed by atoms with E-state index in [0.717, 1.165) is 12.5 Å². The minimum absolute atomic E-state index is 0.409. The van der Waals surface area contributed by atoms with Gasteiger partial charge in [-0.25, -0.2) is 0 Å². The van der Waals surface area contributed by atoms with Crippen LogP contribution in [0.4, 0.5) is 0 Å². The Kier molecular flexibility index (Phi) is 4.00. The van der Waals surface area contributed by atoms with Crippen LogP contribution in [0.25, 0.3) is 0 Å². The quantitative estimate of drug-likeness (QED) is 0.733. The van der Waals surface area contributed by atoms with E-state index in [4.69, 9.17) is 5.73 Å². The summed E-state index contributed by atoms with van der Waals surface area (Å²) in [4.78, 5) is 5.24. The number of hydrogen-bond acceptors (Lipinski definition) is 3. The first-order valence-corrected chi connectivity index (χ1v) is 6.51. The summed E-state index contributed by atoms with van der Waals surface area (Å²) >= 11 is 0. The predicted octanol–water partition coefficient (Wildman–Crippen LogP) is 0.894. The average Bonchev–Trinajstić information content (AvgIpc) is 3.10. The highest BCUT2D eigenvalue weighted by molar-refractivity contribution is 4.87.